The highest BCUT2D eigenvalue weighted by atomic mass is 16.6. The molecule has 0 spiro atoms. The summed E-state index contributed by atoms with van der Waals surface area (Å²) in [6.07, 6.45) is -2.27. The molecule has 0 saturated carbocycles. The maximum absolute atomic E-state index is 11.1. The Morgan fingerprint density at radius 1 is 1.20 bits per heavy atom. The van der Waals surface area contributed by atoms with E-state index in [9.17, 15) is 9.59 Å². The molecule has 6 nitrogen and oxygen atoms in total. The van der Waals surface area contributed by atoms with Crippen LogP contribution in [0.5, 0.6) is 0 Å². The third kappa shape index (κ3) is 6.03. The lowest BCUT2D eigenvalue weighted by Crippen LogP contribution is -2.31. The van der Waals surface area contributed by atoms with Gasteiger partial charge in [0.1, 0.15) is 12.7 Å². The summed E-state index contributed by atoms with van der Waals surface area (Å²) in [5.74, 6) is -1.52. The molecule has 88 valence electrons. The number of esters is 2. The van der Waals surface area contributed by atoms with Crippen LogP contribution < -0.4 is 0 Å². The van der Waals surface area contributed by atoms with Crippen molar-refractivity contribution < 1.29 is 28.9 Å². The Morgan fingerprint density at radius 3 is 2.27 bits per heavy atom. The van der Waals surface area contributed by atoms with Crippen molar-refractivity contribution in [2.24, 2.45) is 0 Å². The Kier molecular flexibility index (Phi) is 6.64. The molecule has 0 saturated heterocycles. The van der Waals surface area contributed by atoms with Crippen LogP contribution in [0.2, 0.25) is 0 Å². The molecule has 0 aliphatic heterocycles. The van der Waals surface area contributed by atoms with Gasteiger partial charge in [-0.1, -0.05) is 0 Å². The van der Waals surface area contributed by atoms with Crippen LogP contribution in [-0.2, 0) is 23.8 Å². The summed E-state index contributed by atoms with van der Waals surface area (Å²) in [5.41, 5.74) is 0. The molecule has 0 rings (SSSR count). The van der Waals surface area contributed by atoms with Crippen LogP contribution in [0.4, 0.5) is 0 Å². The van der Waals surface area contributed by atoms with Crippen molar-refractivity contribution in [2.75, 3.05) is 20.3 Å². The molecule has 0 radical (unpaired) electrons. The van der Waals surface area contributed by atoms with E-state index in [0.29, 0.717) is 0 Å². The molecule has 0 aromatic carbocycles. The molecule has 2 atom stereocenters. The number of aliphatic hydroxyl groups is 1. The highest BCUT2D eigenvalue weighted by molar-refractivity contribution is 5.80. The smallest absolute Gasteiger partial charge is 0.347 e. The van der Waals surface area contributed by atoms with Gasteiger partial charge in [0, 0.05) is 7.11 Å². The highest BCUT2D eigenvalue weighted by Crippen LogP contribution is 1.98. The van der Waals surface area contributed by atoms with Crippen molar-refractivity contribution in [3.8, 4) is 0 Å². The zero-order valence-electron chi connectivity index (χ0n) is 9.06. The van der Waals surface area contributed by atoms with E-state index in [2.05, 4.69) is 9.47 Å². The summed E-state index contributed by atoms with van der Waals surface area (Å²) < 4.78 is 14.0. The monoisotopic (exact) mass is 220 g/mol. The Labute approximate surface area is 88.1 Å². The van der Waals surface area contributed by atoms with Gasteiger partial charge in [-0.2, -0.15) is 0 Å². The van der Waals surface area contributed by atoms with Crippen LogP contribution in [0.3, 0.4) is 0 Å². The summed E-state index contributed by atoms with van der Waals surface area (Å²) in [6, 6.07) is 0. The molecule has 15 heavy (non-hydrogen) atoms. The van der Waals surface area contributed by atoms with Crippen molar-refractivity contribution in [1.82, 2.24) is 0 Å². The van der Waals surface area contributed by atoms with Crippen molar-refractivity contribution in [1.29, 1.82) is 0 Å². The highest BCUT2D eigenvalue weighted by Gasteiger charge is 2.21. The number of hydrogen-bond acceptors (Lipinski definition) is 6. The van der Waals surface area contributed by atoms with Crippen LogP contribution >= 0.6 is 0 Å². The van der Waals surface area contributed by atoms with Crippen molar-refractivity contribution in [2.45, 2.75) is 26.1 Å². The van der Waals surface area contributed by atoms with E-state index < -0.39 is 24.1 Å². The van der Waals surface area contributed by atoms with Gasteiger partial charge in [0.15, 0.2) is 6.10 Å². The number of aliphatic hydroxyl groups excluding tert-OH is 1. The second-order valence-corrected chi connectivity index (χ2v) is 2.92. The topological polar surface area (TPSA) is 82.1 Å². The maximum atomic E-state index is 11.1. The summed E-state index contributed by atoms with van der Waals surface area (Å²) in [5, 5.41) is 8.82. The molecule has 0 amide bonds. The van der Waals surface area contributed by atoms with Gasteiger partial charge in [-0.25, -0.2) is 9.59 Å². The first-order chi connectivity index (χ1) is 6.99. The Balaban J connectivity index is 3.83. The predicted molar refractivity (Wildman–Crippen MR) is 50.1 cm³/mol. The molecule has 0 aliphatic rings. The average Bonchev–Trinajstić information content (AvgIpc) is 2.17. The Bertz CT molecular complexity index is 213. The lowest BCUT2D eigenvalue weighted by molar-refractivity contribution is -0.171. The standard InChI is InChI=1S/C9H16O6/c1-6(10)8(11)15-7(2)9(12)14-5-4-13-3/h6-7,10H,4-5H2,1-3H3. The molecule has 0 aromatic heterocycles. The van der Waals surface area contributed by atoms with Gasteiger partial charge in [0.2, 0.25) is 0 Å². The fraction of sp³-hybridized carbons (Fsp3) is 0.778. The number of carbonyl (C=O) groups is 2. The Hall–Kier alpha value is -1.14. The van der Waals surface area contributed by atoms with Gasteiger partial charge < -0.3 is 19.3 Å². The number of ether oxygens (including phenoxy) is 3. The van der Waals surface area contributed by atoms with Gasteiger partial charge in [-0.3, -0.25) is 0 Å². The molecule has 1 N–H and O–H groups in total. The fourth-order valence-electron chi connectivity index (χ4n) is 0.664. The summed E-state index contributed by atoms with van der Waals surface area (Å²) in [6.45, 7) is 3.01. The van der Waals surface area contributed by atoms with Crippen LogP contribution in [0.25, 0.3) is 0 Å². The quantitative estimate of drug-likeness (QED) is 0.479. The molecular formula is C9H16O6. The number of methoxy groups -OCH3 is 1. The van der Waals surface area contributed by atoms with Crippen LogP contribution in [0, 0.1) is 0 Å². The van der Waals surface area contributed by atoms with Gasteiger partial charge in [-0.15, -0.1) is 0 Å². The number of rotatable bonds is 6. The third-order valence-electron chi connectivity index (χ3n) is 1.50. The zero-order valence-corrected chi connectivity index (χ0v) is 9.06. The van der Waals surface area contributed by atoms with E-state index in [1.165, 1.54) is 21.0 Å². The van der Waals surface area contributed by atoms with Crippen LogP contribution in [0.15, 0.2) is 0 Å². The third-order valence-corrected chi connectivity index (χ3v) is 1.50. The van der Waals surface area contributed by atoms with Crippen molar-refractivity contribution >= 4 is 11.9 Å². The molecule has 0 aromatic rings. The molecule has 0 bridgehead atoms. The molecule has 2 unspecified atom stereocenters. The molecular weight excluding hydrogens is 204 g/mol. The lowest BCUT2D eigenvalue weighted by Gasteiger charge is -2.13. The number of hydrogen-bond donors (Lipinski definition) is 1. The Morgan fingerprint density at radius 2 is 1.80 bits per heavy atom. The molecule has 0 aliphatic carbocycles. The second-order valence-electron chi connectivity index (χ2n) is 2.92. The van der Waals surface area contributed by atoms with E-state index >= 15 is 0 Å². The normalized spacial score (nSPS) is 14.1. The second kappa shape index (κ2) is 7.19. The largest absolute Gasteiger partial charge is 0.461 e. The zero-order chi connectivity index (χ0) is 11.8. The van der Waals surface area contributed by atoms with E-state index in [1.54, 1.807) is 0 Å². The summed E-state index contributed by atoms with van der Waals surface area (Å²) in [4.78, 5) is 22.0. The van der Waals surface area contributed by atoms with Crippen molar-refractivity contribution in [3.63, 3.8) is 0 Å². The van der Waals surface area contributed by atoms with Gasteiger partial charge in [0.05, 0.1) is 6.61 Å². The summed E-state index contributed by atoms with van der Waals surface area (Å²) >= 11 is 0. The van der Waals surface area contributed by atoms with Gasteiger partial charge >= 0.3 is 11.9 Å². The minimum absolute atomic E-state index is 0.103. The van der Waals surface area contributed by atoms with Crippen LogP contribution in [-0.4, -0.2) is 49.6 Å². The van der Waals surface area contributed by atoms with E-state index in [1.807, 2.05) is 0 Å². The van der Waals surface area contributed by atoms with Crippen molar-refractivity contribution in [3.05, 3.63) is 0 Å². The van der Waals surface area contributed by atoms with E-state index in [0.717, 1.165) is 0 Å². The number of carbonyl (C=O) groups excluding carboxylic acids is 2. The molecule has 0 fully saturated rings. The minimum Gasteiger partial charge on any atom is -0.461 e. The van der Waals surface area contributed by atoms with E-state index in [4.69, 9.17) is 9.84 Å². The first kappa shape index (κ1) is 13.9. The lowest BCUT2D eigenvalue weighted by atomic mass is 10.4. The summed E-state index contributed by atoms with van der Waals surface area (Å²) in [7, 11) is 1.48. The minimum atomic E-state index is -1.25. The van der Waals surface area contributed by atoms with E-state index in [-0.39, 0.29) is 13.2 Å². The molecule has 0 heterocycles. The average molecular weight is 220 g/mol. The predicted octanol–water partition coefficient (Wildman–Crippen LogP) is -0.512. The van der Waals surface area contributed by atoms with Gasteiger partial charge in [-0.05, 0) is 13.8 Å². The first-order valence-corrected chi connectivity index (χ1v) is 4.53. The first-order valence-electron chi connectivity index (χ1n) is 4.53. The fourth-order valence-corrected chi connectivity index (χ4v) is 0.664. The maximum Gasteiger partial charge on any atom is 0.347 e. The van der Waals surface area contributed by atoms with Crippen LogP contribution in [0.1, 0.15) is 13.8 Å². The van der Waals surface area contributed by atoms with Gasteiger partial charge in [0.25, 0.3) is 0 Å². The SMILES string of the molecule is COCCOC(=O)C(C)OC(=O)C(C)O. The molecule has 6 heteroatoms.